The van der Waals surface area contributed by atoms with Crippen LogP contribution in [0.4, 0.5) is 0 Å². The SMILES string of the molecule is CCOC(=O)/C=C(/C)N.Cl. The Bertz CT molecular complexity index is 130. The van der Waals surface area contributed by atoms with E-state index in [1.54, 1.807) is 13.8 Å². The second-order valence-electron chi connectivity index (χ2n) is 1.64. The Morgan fingerprint density at radius 1 is 1.70 bits per heavy atom. The minimum Gasteiger partial charge on any atom is -0.463 e. The lowest BCUT2D eigenvalue weighted by Crippen LogP contribution is -2.03. The highest BCUT2D eigenvalue weighted by Gasteiger charge is 1.92. The molecule has 0 atom stereocenters. The third-order valence-electron chi connectivity index (χ3n) is 0.632. The summed E-state index contributed by atoms with van der Waals surface area (Å²) in [7, 11) is 0. The van der Waals surface area contributed by atoms with Crippen LogP contribution in [0.25, 0.3) is 0 Å². The van der Waals surface area contributed by atoms with Gasteiger partial charge in [0.15, 0.2) is 0 Å². The summed E-state index contributed by atoms with van der Waals surface area (Å²) in [5, 5.41) is 0. The largest absolute Gasteiger partial charge is 0.463 e. The van der Waals surface area contributed by atoms with Crippen LogP contribution < -0.4 is 5.73 Å². The van der Waals surface area contributed by atoms with Crippen LogP contribution in [0.1, 0.15) is 13.8 Å². The number of esters is 1. The summed E-state index contributed by atoms with van der Waals surface area (Å²) in [6.45, 7) is 3.77. The maximum atomic E-state index is 10.5. The van der Waals surface area contributed by atoms with Gasteiger partial charge >= 0.3 is 5.97 Å². The molecule has 0 rings (SSSR count). The molecule has 0 aliphatic rings. The molecule has 0 saturated heterocycles. The molecule has 2 N–H and O–H groups in total. The van der Waals surface area contributed by atoms with Crippen LogP contribution >= 0.6 is 12.4 Å². The zero-order valence-corrected chi connectivity index (χ0v) is 6.90. The Balaban J connectivity index is 0. The molecule has 0 heterocycles. The average molecular weight is 166 g/mol. The lowest BCUT2D eigenvalue weighted by atomic mass is 10.4. The highest BCUT2D eigenvalue weighted by molar-refractivity contribution is 5.85. The van der Waals surface area contributed by atoms with E-state index < -0.39 is 0 Å². The topological polar surface area (TPSA) is 52.3 Å². The maximum Gasteiger partial charge on any atom is 0.332 e. The number of carbonyl (C=O) groups excluding carboxylic acids is 1. The second-order valence-corrected chi connectivity index (χ2v) is 1.64. The van der Waals surface area contributed by atoms with E-state index in [0.717, 1.165) is 0 Å². The summed E-state index contributed by atoms with van der Waals surface area (Å²) in [5.74, 6) is -0.377. The van der Waals surface area contributed by atoms with Crippen molar-refractivity contribution >= 4 is 18.4 Å². The molecular formula is C6H12ClNO2. The van der Waals surface area contributed by atoms with Gasteiger partial charge in [0.1, 0.15) is 0 Å². The van der Waals surface area contributed by atoms with E-state index >= 15 is 0 Å². The lowest BCUT2D eigenvalue weighted by molar-refractivity contribution is -0.137. The van der Waals surface area contributed by atoms with Crippen LogP contribution in [0.2, 0.25) is 0 Å². The van der Waals surface area contributed by atoms with E-state index in [9.17, 15) is 4.79 Å². The summed E-state index contributed by atoms with van der Waals surface area (Å²) in [4.78, 5) is 10.5. The number of halogens is 1. The second kappa shape index (κ2) is 6.42. The first-order chi connectivity index (χ1) is 4.16. The van der Waals surface area contributed by atoms with Gasteiger partial charge in [-0.15, -0.1) is 12.4 Å². The summed E-state index contributed by atoms with van der Waals surface area (Å²) >= 11 is 0. The van der Waals surface area contributed by atoms with Gasteiger partial charge < -0.3 is 10.5 Å². The number of rotatable bonds is 2. The number of hydrogen-bond acceptors (Lipinski definition) is 3. The molecule has 0 aliphatic carbocycles. The smallest absolute Gasteiger partial charge is 0.332 e. The number of hydrogen-bond donors (Lipinski definition) is 1. The van der Waals surface area contributed by atoms with E-state index in [1.807, 2.05) is 0 Å². The van der Waals surface area contributed by atoms with Gasteiger partial charge in [-0.2, -0.15) is 0 Å². The van der Waals surface area contributed by atoms with E-state index in [4.69, 9.17) is 5.73 Å². The fraction of sp³-hybridized carbons (Fsp3) is 0.500. The summed E-state index contributed by atoms with van der Waals surface area (Å²) in [6.07, 6.45) is 1.25. The fourth-order valence-electron chi connectivity index (χ4n) is 0.370. The molecule has 0 aromatic carbocycles. The summed E-state index contributed by atoms with van der Waals surface area (Å²) < 4.78 is 4.56. The van der Waals surface area contributed by atoms with Gasteiger partial charge in [-0.3, -0.25) is 0 Å². The Kier molecular flexibility index (Phi) is 7.72. The first kappa shape index (κ1) is 12.0. The fourth-order valence-corrected chi connectivity index (χ4v) is 0.370. The van der Waals surface area contributed by atoms with Crippen molar-refractivity contribution < 1.29 is 9.53 Å². The average Bonchev–Trinajstić information content (AvgIpc) is 1.63. The van der Waals surface area contributed by atoms with Crippen molar-refractivity contribution in [2.75, 3.05) is 6.61 Å². The van der Waals surface area contributed by atoms with Crippen LogP contribution in [-0.4, -0.2) is 12.6 Å². The van der Waals surface area contributed by atoms with Crippen LogP contribution in [0, 0.1) is 0 Å². The minimum atomic E-state index is -0.377. The van der Waals surface area contributed by atoms with Crippen molar-refractivity contribution in [3.63, 3.8) is 0 Å². The third-order valence-corrected chi connectivity index (χ3v) is 0.632. The quantitative estimate of drug-likeness (QED) is 0.487. The standard InChI is InChI=1S/C6H11NO2.ClH/c1-3-9-6(8)4-5(2)7;/h4H,3,7H2,1-2H3;1H/b5-4-;. The zero-order valence-electron chi connectivity index (χ0n) is 6.09. The molecule has 0 aromatic rings. The number of ether oxygens (including phenoxy) is 1. The zero-order chi connectivity index (χ0) is 7.28. The molecule has 3 nitrogen and oxygen atoms in total. The Morgan fingerprint density at radius 2 is 2.20 bits per heavy atom. The van der Waals surface area contributed by atoms with Crippen molar-refractivity contribution in [3.05, 3.63) is 11.8 Å². The van der Waals surface area contributed by atoms with Crippen molar-refractivity contribution in [2.24, 2.45) is 5.73 Å². The first-order valence-electron chi connectivity index (χ1n) is 2.77. The molecule has 0 radical (unpaired) electrons. The molecular weight excluding hydrogens is 154 g/mol. The van der Waals surface area contributed by atoms with Crippen LogP contribution in [0.5, 0.6) is 0 Å². The van der Waals surface area contributed by atoms with Gasteiger partial charge in [0.05, 0.1) is 6.61 Å². The van der Waals surface area contributed by atoms with Gasteiger partial charge in [-0.1, -0.05) is 0 Å². The Hall–Kier alpha value is -0.700. The number of carbonyl (C=O) groups is 1. The van der Waals surface area contributed by atoms with E-state index in [0.29, 0.717) is 12.3 Å². The van der Waals surface area contributed by atoms with Crippen LogP contribution in [0.3, 0.4) is 0 Å². The summed E-state index contributed by atoms with van der Waals surface area (Å²) in [5.41, 5.74) is 5.65. The molecule has 0 aromatic heterocycles. The lowest BCUT2D eigenvalue weighted by Gasteiger charge is -1.94. The molecule has 0 fully saturated rings. The van der Waals surface area contributed by atoms with E-state index in [1.165, 1.54) is 6.08 Å². The van der Waals surface area contributed by atoms with Crippen molar-refractivity contribution in [3.8, 4) is 0 Å². The molecule has 60 valence electrons. The normalized spacial score (nSPS) is 10.0. The molecule has 0 bridgehead atoms. The number of nitrogens with two attached hydrogens (primary N) is 1. The summed E-state index contributed by atoms with van der Waals surface area (Å²) in [6, 6.07) is 0. The minimum absolute atomic E-state index is 0. The molecule has 10 heavy (non-hydrogen) atoms. The van der Waals surface area contributed by atoms with Crippen molar-refractivity contribution in [1.29, 1.82) is 0 Å². The predicted molar refractivity (Wildman–Crippen MR) is 41.8 cm³/mol. The van der Waals surface area contributed by atoms with Gasteiger partial charge in [0.25, 0.3) is 0 Å². The molecule has 0 unspecified atom stereocenters. The van der Waals surface area contributed by atoms with E-state index in [-0.39, 0.29) is 18.4 Å². The van der Waals surface area contributed by atoms with Gasteiger partial charge in [0.2, 0.25) is 0 Å². The molecule has 0 aliphatic heterocycles. The molecule has 0 spiro atoms. The third kappa shape index (κ3) is 7.30. The van der Waals surface area contributed by atoms with Crippen LogP contribution in [-0.2, 0) is 9.53 Å². The molecule has 4 heteroatoms. The Morgan fingerprint density at radius 3 is 2.50 bits per heavy atom. The monoisotopic (exact) mass is 165 g/mol. The van der Waals surface area contributed by atoms with Crippen molar-refractivity contribution in [2.45, 2.75) is 13.8 Å². The van der Waals surface area contributed by atoms with Gasteiger partial charge in [-0.05, 0) is 13.8 Å². The number of allylic oxidation sites excluding steroid dienone is 1. The van der Waals surface area contributed by atoms with Gasteiger partial charge in [-0.25, -0.2) is 4.79 Å². The van der Waals surface area contributed by atoms with Crippen molar-refractivity contribution in [1.82, 2.24) is 0 Å². The predicted octanol–water partition coefficient (Wildman–Crippen LogP) is 0.834. The van der Waals surface area contributed by atoms with E-state index in [2.05, 4.69) is 4.74 Å². The highest BCUT2D eigenvalue weighted by atomic mass is 35.5. The molecule has 0 saturated carbocycles. The highest BCUT2D eigenvalue weighted by Crippen LogP contribution is 1.83. The maximum absolute atomic E-state index is 10.5. The Labute approximate surface area is 66.6 Å². The van der Waals surface area contributed by atoms with Gasteiger partial charge in [0, 0.05) is 11.8 Å². The van der Waals surface area contributed by atoms with Crippen LogP contribution in [0.15, 0.2) is 11.8 Å². The molecule has 0 amide bonds. The first-order valence-corrected chi connectivity index (χ1v) is 2.77.